The Morgan fingerprint density at radius 2 is 1.85 bits per heavy atom. The number of aromatic nitrogens is 2. The maximum Gasteiger partial charge on any atom is 0.433 e. The van der Waals surface area contributed by atoms with Crippen LogP contribution in [0.25, 0.3) is 0 Å². The van der Waals surface area contributed by atoms with Crippen molar-refractivity contribution in [3.8, 4) is 11.6 Å². The number of rotatable bonds is 2. The Bertz CT molecular complexity index is 643. The molecule has 0 bridgehead atoms. The summed E-state index contributed by atoms with van der Waals surface area (Å²) in [7, 11) is 0. The lowest BCUT2D eigenvalue weighted by molar-refractivity contribution is -0.141. The summed E-state index contributed by atoms with van der Waals surface area (Å²) in [5, 5.41) is 0. The first kappa shape index (κ1) is 14.0. The Kier molecular flexibility index (Phi) is 3.47. The number of nitrogens with zero attached hydrogens (tertiary/aromatic N) is 2. The number of hydrogen-bond acceptors (Lipinski definition) is 4. The smallest absolute Gasteiger partial charge is 0.433 e. The monoisotopic (exact) mass is 287 g/mol. The van der Waals surface area contributed by atoms with E-state index < -0.39 is 23.6 Å². The molecule has 0 aliphatic rings. The van der Waals surface area contributed by atoms with Crippen LogP contribution in [0, 0.1) is 12.7 Å². The molecule has 1 aromatic heterocycles. The summed E-state index contributed by atoms with van der Waals surface area (Å²) in [5.41, 5.74) is 4.28. The van der Waals surface area contributed by atoms with Crippen LogP contribution < -0.4 is 10.5 Å². The molecule has 0 atom stereocenters. The van der Waals surface area contributed by atoms with E-state index in [1.165, 1.54) is 19.1 Å². The van der Waals surface area contributed by atoms with Crippen molar-refractivity contribution < 1.29 is 22.3 Å². The molecule has 1 heterocycles. The van der Waals surface area contributed by atoms with Crippen LogP contribution in [0.5, 0.6) is 11.6 Å². The normalized spacial score (nSPS) is 11.4. The first-order chi connectivity index (χ1) is 9.25. The van der Waals surface area contributed by atoms with Gasteiger partial charge in [-0.2, -0.15) is 18.2 Å². The minimum absolute atomic E-state index is 0.148. The Morgan fingerprint density at radius 3 is 2.45 bits per heavy atom. The molecule has 2 aromatic rings. The molecule has 1 aromatic carbocycles. The molecule has 0 fully saturated rings. The van der Waals surface area contributed by atoms with Crippen LogP contribution in [0.2, 0.25) is 0 Å². The fourth-order valence-electron chi connectivity index (χ4n) is 1.44. The van der Waals surface area contributed by atoms with Crippen molar-refractivity contribution in [1.82, 2.24) is 9.97 Å². The number of halogens is 4. The summed E-state index contributed by atoms with van der Waals surface area (Å²) in [5.74, 6) is -1.23. The second kappa shape index (κ2) is 4.95. The maximum atomic E-state index is 13.1. The molecule has 0 aliphatic heterocycles. The zero-order valence-electron chi connectivity index (χ0n) is 10.2. The number of alkyl halides is 3. The van der Waals surface area contributed by atoms with E-state index in [1.54, 1.807) is 0 Å². The predicted octanol–water partition coefficient (Wildman–Crippen LogP) is 3.32. The molecule has 0 unspecified atom stereocenters. The summed E-state index contributed by atoms with van der Waals surface area (Å²) < 4.78 is 55.9. The van der Waals surface area contributed by atoms with Gasteiger partial charge < -0.3 is 10.5 Å². The molecule has 0 aliphatic carbocycles. The van der Waals surface area contributed by atoms with Gasteiger partial charge in [-0.3, -0.25) is 0 Å². The van der Waals surface area contributed by atoms with Gasteiger partial charge in [0.15, 0.2) is 5.69 Å². The van der Waals surface area contributed by atoms with Crippen molar-refractivity contribution in [1.29, 1.82) is 0 Å². The van der Waals surface area contributed by atoms with Gasteiger partial charge in [0.1, 0.15) is 11.6 Å². The van der Waals surface area contributed by atoms with Gasteiger partial charge in [-0.1, -0.05) is 0 Å². The molecule has 0 amide bonds. The first-order valence-corrected chi connectivity index (χ1v) is 5.41. The van der Waals surface area contributed by atoms with Crippen molar-refractivity contribution in [2.24, 2.45) is 0 Å². The number of benzene rings is 1. The third-order valence-corrected chi connectivity index (χ3v) is 2.36. The van der Waals surface area contributed by atoms with Gasteiger partial charge in [-0.05, 0) is 30.7 Å². The average Bonchev–Trinajstić information content (AvgIpc) is 2.32. The summed E-state index contributed by atoms with van der Waals surface area (Å²) >= 11 is 0. The van der Waals surface area contributed by atoms with E-state index >= 15 is 0 Å². The zero-order chi connectivity index (χ0) is 14.9. The highest BCUT2D eigenvalue weighted by Crippen LogP contribution is 2.31. The number of ether oxygens (including phenoxy) is 1. The molecule has 0 radical (unpaired) electrons. The highest BCUT2D eigenvalue weighted by atomic mass is 19.4. The summed E-state index contributed by atoms with van der Waals surface area (Å²) in [6, 6.07) is 4.36. The molecule has 2 rings (SSSR count). The quantitative estimate of drug-likeness (QED) is 0.861. The zero-order valence-corrected chi connectivity index (χ0v) is 10.2. The van der Waals surface area contributed by atoms with E-state index in [9.17, 15) is 17.6 Å². The minimum atomic E-state index is -4.66. The second-order valence-corrected chi connectivity index (χ2v) is 3.96. The molecule has 2 N–H and O–H groups in total. The van der Waals surface area contributed by atoms with Gasteiger partial charge in [-0.15, -0.1) is 0 Å². The molecular formula is C12H9F4N3O. The topological polar surface area (TPSA) is 61.0 Å². The second-order valence-electron chi connectivity index (χ2n) is 3.96. The Balaban J connectivity index is 2.33. The molecular weight excluding hydrogens is 278 g/mol. The number of anilines is 1. The van der Waals surface area contributed by atoms with Crippen LogP contribution in [0.15, 0.2) is 24.3 Å². The van der Waals surface area contributed by atoms with Crippen LogP contribution in [0.4, 0.5) is 23.5 Å². The van der Waals surface area contributed by atoms with Gasteiger partial charge in [0.2, 0.25) is 11.8 Å². The fraction of sp³-hybridized carbons (Fsp3) is 0.167. The molecule has 20 heavy (non-hydrogen) atoms. The van der Waals surface area contributed by atoms with E-state index in [4.69, 9.17) is 10.5 Å². The van der Waals surface area contributed by atoms with E-state index in [0.717, 1.165) is 6.07 Å². The number of nitrogens with two attached hydrogens (primary N) is 1. The van der Waals surface area contributed by atoms with Crippen molar-refractivity contribution >= 4 is 5.95 Å². The third-order valence-electron chi connectivity index (χ3n) is 2.36. The first-order valence-electron chi connectivity index (χ1n) is 5.41. The Hall–Kier alpha value is -2.38. The number of hydrogen-bond donors (Lipinski definition) is 1. The number of nitrogen functional groups attached to an aromatic ring is 1. The van der Waals surface area contributed by atoms with Crippen LogP contribution >= 0.6 is 0 Å². The standard InChI is InChI=1S/C12H9F4N3O/c1-6-4-7(2-3-8(6)13)20-10-5-9(12(14,15)16)18-11(17)19-10/h2-5H,1H3,(H2,17,18,19). The van der Waals surface area contributed by atoms with Crippen LogP contribution in [0.3, 0.4) is 0 Å². The fourth-order valence-corrected chi connectivity index (χ4v) is 1.44. The maximum absolute atomic E-state index is 13.1. The molecule has 0 spiro atoms. The SMILES string of the molecule is Cc1cc(Oc2cc(C(F)(F)F)nc(N)n2)ccc1F. The van der Waals surface area contributed by atoms with E-state index in [-0.39, 0.29) is 11.6 Å². The van der Waals surface area contributed by atoms with E-state index in [0.29, 0.717) is 11.6 Å². The summed E-state index contributed by atoms with van der Waals surface area (Å²) in [4.78, 5) is 6.63. The third kappa shape index (κ3) is 3.14. The van der Waals surface area contributed by atoms with Crippen molar-refractivity contribution in [2.45, 2.75) is 13.1 Å². The molecule has 4 nitrogen and oxygen atoms in total. The minimum Gasteiger partial charge on any atom is -0.439 e. The van der Waals surface area contributed by atoms with Gasteiger partial charge in [0.25, 0.3) is 0 Å². The Labute approximate surface area is 111 Å². The lowest BCUT2D eigenvalue weighted by Crippen LogP contribution is -2.11. The average molecular weight is 287 g/mol. The lowest BCUT2D eigenvalue weighted by Gasteiger charge is -2.10. The van der Waals surface area contributed by atoms with Crippen molar-refractivity contribution in [3.05, 3.63) is 41.3 Å². The largest absolute Gasteiger partial charge is 0.439 e. The van der Waals surface area contributed by atoms with Gasteiger partial charge in [-0.25, -0.2) is 9.37 Å². The van der Waals surface area contributed by atoms with E-state index in [2.05, 4.69) is 9.97 Å². The molecule has 106 valence electrons. The molecule has 8 heteroatoms. The Morgan fingerprint density at radius 1 is 1.15 bits per heavy atom. The van der Waals surface area contributed by atoms with Crippen LogP contribution in [-0.2, 0) is 6.18 Å². The van der Waals surface area contributed by atoms with E-state index in [1.807, 2.05) is 0 Å². The number of aryl methyl sites for hydroxylation is 1. The molecule has 0 saturated carbocycles. The van der Waals surface area contributed by atoms with Gasteiger partial charge in [0, 0.05) is 6.07 Å². The highest BCUT2D eigenvalue weighted by molar-refractivity contribution is 5.34. The van der Waals surface area contributed by atoms with Crippen LogP contribution in [-0.4, -0.2) is 9.97 Å². The van der Waals surface area contributed by atoms with Gasteiger partial charge in [0.05, 0.1) is 0 Å². The lowest BCUT2D eigenvalue weighted by atomic mass is 10.2. The summed E-state index contributed by atoms with van der Waals surface area (Å²) in [6.45, 7) is 1.50. The van der Waals surface area contributed by atoms with Crippen molar-refractivity contribution in [2.75, 3.05) is 5.73 Å². The van der Waals surface area contributed by atoms with Crippen molar-refractivity contribution in [3.63, 3.8) is 0 Å². The van der Waals surface area contributed by atoms with Gasteiger partial charge >= 0.3 is 6.18 Å². The highest BCUT2D eigenvalue weighted by Gasteiger charge is 2.33. The molecule has 0 saturated heterocycles. The summed E-state index contributed by atoms with van der Waals surface area (Å²) in [6.07, 6.45) is -4.66. The van der Waals surface area contributed by atoms with Crippen LogP contribution in [0.1, 0.15) is 11.3 Å². The predicted molar refractivity (Wildman–Crippen MR) is 62.7 cm³/mol.